The van der Waals surface area contributed by atoms with Crippen LogP contribution >= 0.6 is 0 Å². The first-order chi connectivity index (χ1) is 9.58. The summed E-state index contributed by atoms with van der Waals surface area (Å²) in [7, 11) is 1.28. The number of rotatable bonds is 7. The third-order valence-corrected chi connectivity index (χ3v) is 2.54. The summed E-state index contributed by atoms with van der Waals surface area (Å²) >= 11 is 0. The van der Waals surface area contributed by atoms with Crippen molar-refractivity contribution in [3.05, 3.63) is 23.8 Å². The molecule has 0 radical (unpaired) electrons. The van der Waals surface area contributed by atoms with E-state index in [9.17, 15) is 9.59 Å². The highest BCUT2D eigenvalue weighted by molar-refractivity contribution is 5.90. The number of hydrogen-bond donors (Lipinski definition) is 1. The lowest BCUT2D eigenvalue weighted by Gasteiger charge is -2.10. The molecular formula is C14H19NO5. The van der Waals surface area contributed by atoms with Gasteiger partial charge in [0.25, 0.3) is 0 Å². The van der Waals surface area contributed by atoms with Gasteiger partial charge in [-0.1, -0.05) is 13.3 Å². The lowest BCUT2D eigenvalue weighted by atomic mass is 10.2. The van der Waals surface area contributed by atoms with E-state index in [1.807, 2.05) is 6.92 Å². The Morgan fingerprint density at radius 3 is 2.70 bits per heavy atom. The molecule has 2 N–H and O–H groups in total. The number of unbranched alkanes of at least 4 members (excludes halogenated alkanes) is 1. The fourth-order valence-corrected chi connectivity index (χ4v) is 1.41. The molecule has 0 aliphatic carbocycles. The first-order valence-corrected chi connectivity index (χ1v) is 6.34. The second kappa shape index (κ2) is 8.04. The molecule has 0 bridgehead atoms. The van der Waals surface area contributed by atoms with Crippen molar-refractivity contribution in [2.75, 3.05) is 26.1 Å². The van der Waals surface area contributed by atoms with E-state index in [2.05, 4.69) is 4.74 Å². The molecule has 0 aromatic heterocycles. The van der Waals surface area contributed by atoms with Crippen LogP contribution in [0.1, 0.15) is 30.1 Å². The number of ether oxygens (including phenoxy) is 3. The van der Waals surface area contributed by atoms with E-state index in [1.54, 1.807) is 0 Å². The van der Waals surface area contributed by atoms with Crippen LogP contribution < -0.4 is 10.5 Å². The first kappa shape index (κ1) is 15.8. The van der Waals surface area contributed by atoms with E-state index in [1.165, 1.54) is 25.3 Å². The maximum Gasteiger partial charge on any atom is 0.344 e. The molecule has 0 atom stereocenters. The van der Waals surface area contributed by atoms with Crippen molar-refractivity contribution in [1.82, 2.24) is 0 Å². The number of anilines is 1. The van der Waals surface area contributed by atoms with Gasteiger partial charge in [0.15, 0.2) is 6.61 Å². The summed E-state index contributed by atoms with van der Waals surface area (Å²) in [5.74, 6) is -0.720. The highest BCUT2D eigenvalue weighted by Crippen LogP contribution is 2.23. The fourth-order valence-electron chi connectivity index (χ4n) is 1.41. The molecule has 0 fully saturated rings. The van der Waals surface area contributed by atoms with E-state index in [4.69, 9.17) is 15.2 Å². The number of nitrogen functional groups attached to an aromatic ring is 1. The maximum atomic E-state index is 11.4. The Hall–Kier alpha value is -2.24. The quantitative estimate of drug-likeness (QED) is 0.465. The molecule has 110 valence electrons. The van der Waals surface area contributed by atoms with Crippen molar-refractivity contribution < 1.29 is 23.8 Å². The fraction of sp³-hybridized carbons (Fsp3) is 0.429. The van der Waals surface area contributed by atoms with Crippen molar-refractivity contribution in [3.63, 3.8) is 0 Å². The number of carbonyl (C=O) groups is 2. The molecule has 1 aromatic rings. The van der Waals surface area contributed by atoms with Crippen LogP contribution in [0.25, 0.3) is 0 Å². The van der Waals surface area contributed by atoms with Gasteiger partial charge in [-0.2, -0.15) is 0 Å². The largest absolute Gasteiger partial charge is 0.480 e. The first-order valence-electron chi connectivity index (χ1n) is 6.34. The third kappa shape index (κ3) is 4.79. The molecule has 1 aromatic carbocycles. The number of hydrogen-bond acceptors (Lipinski definition) is 6. The zero-order valence-electron chi connectivity index (χ0n) is 11.7. The zero-order valence-corrected chi connectivity index (χ0v) is 11.7. The molecule has 6 heteroatoms. The molecule has 0 aliphatic rings. The molecule has 0 heterocycles. The standard InChI is InChI=1S/C14H19NO5/c1-3-4-7-19-13(16)9-20-12-8-10(14(17)18-2)5-6-11(12)15/h5-6,8H,3-4,7,9,15H2,1-2H3. The van der Waals surface area contributed by atoms with Crippen LogP contribution in [-0.4, -0.2) is 32.3 Å². The number of benzene rings is 1. The van der Waals surface area contributed by atoms with E-state index in [0.29, 0.717) is 17.9 Å². The normalized spacial score (nSPS) is 9.90. The lowest BCUT2D eigenvalue weighted by molar-refractivity contribution is -0.146. The van der Waals surface area contributed by atoms with Gasteiger partial charge in [-0.3, -0.25) is 0 Å². The third-order valence-electron chi connectivity index (χ3n) is 2.54. The van der Waals surface area contributed by atoms with Gasteiger partial charge in [-0.25, -0.2) is 9.59 Å². The summed E-state index contributed by atoms with van der Waals surface area (Å²) in [6.07, 6.45) is 1.76. The molecule has 0 aliphatic heterocycles. The van der Waals surface area contributed by atoms with Gasteiger partial charge >= 0.3 is 11.9 Å². The van der Waals surface area contributed by atoms with Gasteiger partial charge in [0, 0.05) is 0 Å². The Balaban J connectivity index is 2.58. The van der Waals surface area contributed by atoms with E-state index in [0.717, 1.165) is 12.8 Å². The number of nitrogens with two attached hydrogens (primary N) is 1. The summed E-state index contributed by atoms with van der Waals surface area (Å²) in [6.45, 7) is 2.12. The molecule has 0 saturated carbocycles. The zero-order chi connectivity index (χ0) is 15.0. The summed E-state index contributed by atoms with van der Waals surface area (Å²) in [5, 5.41) is 0. The molecule has 0 unspecified atom stereocenters. The average molecular weight is 281 g/mol. The van der Waals surface area contributed by atoms with Crippen LogP contribution in [0.5, 0.6) is 5.75 Å². The van der Waals surface area contributed by atoms with Gasteiger partial charge in [0.1, 0.15) is 5.75 Å². The van der Waals surface area contributed by atoms with Gasteiger partial charge in [-0.05, 0) is 24.6 Å². The highest BCUT2D eigenvalue weighted by Gasteiger charge is 2.11. The van der Waals surface area contributed by atoms with Crippen LogP contribution in [0, 0.1) is 0 Å². The molecule has 0 amide bonds. The minimum atomic E-state index is -0.500. The Labute approximate surface area is 117 Å². The number of esters is 2. The van der Waals surface area contributed by atoms with Crippen LogP contribution in [0.2, 0.25) is 0 Å². The molecule has 20 heavy (non-hydrogen) atoms. The summed E-state index contributed by atoms with van der Waals surface area (Å²) in [5.41, 5.74) is 6.34. The molecule has 6 nitrogen and oxygen atoms in total. The Kier molecular flexibility index (Phi) is 6.36. The minimum absolute atomic E-state index is 0.250. The average Bonchev–Trinajstić information content (AvgIpc) is 2.46. The molecule has 0 spiro atoms. The van der Waals surface area contributed by atoms with E-state index in [-0.39, 0.29) is 12.4 Å². The Morgan fingerprint density at radius 2 is 2.05 bits per heavy atom. The van der Waals surface area contributed by atoms with Crippen molar-refractivity contribution >= 4 is 17.6 Å². The molecular weight excluding hydrogens is 262 g/mol. The predicted molar refractivity (Wildman–Crippen MR) is 73.6 cm³/mol. The topological polar surface area (TPSA) is 87.8 Å². The minimum Gasteiger partial charge on any atom is -0.480 e. The SMILES string of the molecule is CCCCOC(=O)COc1cc(C(=O)OC)ccc1N. The molecule has 0 saturated heterocycles. The summed E-state index contributed by atoms with van der Waals surface area (Å²) < 4.78 is 14.8. The predicted octanol–water partition coefficient (Wildman–Crippen LogP) is 1.78. The van der Waals surface area contributed by atoms with E-state index >= 15 is 0 Å². The van der Waals surface area contributed by atoms with Crippen molar-refractivity contribution in [3.8, 4) is 5.75 Å². The summed E-state index contributed by atoms with van der Waals surface area (Å²) in [4.78, 5) is 22.8. The van der Waals surface area contributed by atoms with Crippen LogP contribution in [0.4, 0.5) is 5.69 Å². The smallest absolute Gasteiger partial charge is 0.344 e. The Morgan fingerprint density at radius 1 is 1.30 bits per heavy atom. The van der Waals surface area contributed by atoms with Gasteiger partial charge in [0.05, 0.1) is 25.0 Å². The molecule has 1 rings (SSSR count). The van der Waals surface area contributed by atoms with Crippen LogP contribution in [0.3, 0.4) is 0 Å². The second-order valence-corrected chi connectivity index (χ2v) is 4.11. The van der Waals surface area contributed by atoms with E-state index < -0.39 is 11.9 Å². The van der Waals surface area contributed by atoms with Crippen LogP contribution in [0.15, 0.2) is 18.2 Å². The van der Waals surface area contributed by atoms with Gasteiger partial charge in [-0.15, -0.1) is 0 Å². The lowest BCUT2D eigenvalue weighted by Crippen LogP contribution is -2.16. The van der Waals surface area contributed by atoms with Gasteiger partial charge < -0.3 is 19.9 Å². The second-order valence-electron chi connectivity index (χ2n) is 4.11. The van der Waals surface area contributed by atoms with Crippen molar-refractivity contribution in [1.29, 1.82) is 0 Å². The number of methoxy groups -OCH3 is 1. The van der Waals surface area contributed by atoms with Crippen molar-refractivity contribution in [2.24, 2.45) is 0 Å². The summed E-state index contributed by atoms with van der Waals surface area (Å²) in [6, 6.07) is 4.47. The van der Waals surface area contributed by atoms with Crippen LogP contribution in [-0.2, 0) is 14.3 Å². The maximum absolute atomic E-state index is 11.4. The Bertz CT molecular complexity index is 473. The van der Waals surface area contributed by atoms with Crippen molar-refractivity contribution in [2.45, 2.75) is 19.8 Å². The highest BCUT2D eigenvalue weighted by atomic mass is 16.6. The number of carbonyl (C=O) groups excluding carboxylic acids is 2. The monoisotopic (exact) mass is 281 g/mol. The van der Waals surface area contributed by atoms with Gasteiger partial charge in [0.2, 0.25) is 0 Å².